The van der Waals surface area contributed by atoms with Gasteiger partial charge in [-0.15, -0.1) is 0 Å². The number of anilines is 1. The van der Waals surface area contributed by atoms with Crippen molar-refractivity contribution in [3.63, 3.8) is 0 Å². The van der Waals surface area contributed by atoms with Crippen molar-refractivity contribution in [2.24, 2.45) is 0 Å². The second-order valence-electron chi connectivity index (χ2n) is 7.24. The second-order valence-corrected chi connectivity index (χ2v) is 8.15. The molecule has 156 valence electrons. The zero-order chi connectivity index (χ0) is 20.6. The topological polar surface area (TPSA) is 68.2 Å². The molecule has 0 bridgehead atoms. The molecular formula is C19H20BrF3N4O2. The van der Waals surface area contributed by atoms with E-state index in [1.165, 1.54) is 6.20 Å². The first kappa shape index (κ1) is 20.2. The number of amides is 1. The summed E-state index contributed by atoms with van der Waals surface area (Å²) in [6.07, 6.45) is -1.77. The normalized spacial score (nSPS) is 24.1. The Morgan fingerprint density at radius 1 is 1.34 bits per heavy atom. The van der Waals surface area contributed by atoms with E-state index in [0.29, 0.717) is 18.7 Å². The van der Waals surface area contributed by atoms with Gasteiger partial charge in [-0.05, 0) is 30.5 Å². The highest BCUT2D eigenvalue weighted by atomic mass is 79.9. The summed E-state index contributed by atoms with van der Waals surface area (Å²) >= 11 is 3.33. The van der Waals surface area contributed by atoms with Crippen LogP contribution in [-0.4, -0.2) is 41.1 Å². The maximum atomic E-state index is 13.7. The number of carbonyl (C=O) groups is 1. The molecule has 29 heavy (non-hydrogen) atoms. The number of hydrogen-bond acceptors (Lipinski definition) is 4. The van der Waals surface area contributed by atoms with E-state index in [0.717, 1.165) is 22.0 Å². The van der Waals surface area contributed by atoms with E-state index in [9.17, 15) is 18.0 Å². The maximum Gasteiger partial charge on any atom is 0.410 e. The third kappa shape index (κ3) is 4.28. The minimum atomic E-state index is -4.48. The van der Waals surface area contributed by atoms with Crippen molar-refractivity contribution in [2.75, 3.05) is 18.5 Å². The fraction of sp³-hybridized carbons (Fsp3) is 0.474. The van der Waals surface area contributed by atoms with Gasteiger partial charge >= 0.3 is 6.18 Å². The van der Waals surface area contributed by atoms with Crippen LogP contribution >= 0.6 is 15.9 Å². The van der Waals surface area contributed by atoms with E-state index in [4.69, 9.17) is 4.74 Å². The third-order valence-electron chi connectivity index (χ3n) is 5.27. The van der Waals surface area contributed by atoms with Gasteiger partial charge in [0.05, 0.1) is 18.3 Å². The van der Waals surface area contributed by atoms with Gasteiger partial charge in [0.1, 0.15) is 11.4 Å². The molecular weight excluding hydrogens is 453 g/mol. The second kappa shape index (κ2) is 7.98. The van der Waals surface area contributed by atoms with Gasteiger partial charge in [-0.1, -0.05) is 28.1 Å². The zero-order valence-corrected chi connectivity index (χ0v) is 17.0. The van der Waals surface area contributed by atoms with E-state index in [2.05, 4.69) is 31.7 Å². The van der Waals surface area contributed by atoms with Crippen LogP contribution in [0.4, 0.5) is 19.0 Å². The summed E-state index contributed by atoms with van der Waals surface area (Å²) in [7, 11) is 0. The molecule has 0 radical (unpaired) electrons. The first-order valence-electron chi connectivity index (χ1n) is 9.39. The molecule has 1 amide bonds. The average Bonchev–Trinajstić information content (AvgIpc) is 3.35. The largest absolute Gasteiger partial charge is 0.410 e. The van der Waals surface area contributed by atoms with Crippen LogP contribution in [0, 0.1) is 0 Å². The molecule has 0 spiro atoms. The van der Waals surface area contributed by atoms with E-state index < -0.39 is 24.2 Å². The van der Waals surface area contributed by atoms with Crippen LogP contribution in [-0.2, 0) is 4.74 Å². The number of benzene rings is 1. The van der Waals surface area contributed by atoms with Gasteiger partial charge in [0.2, 0.25) is 0 Å². The van der Waals surface area contributed by atoms with Crippen LogP contribution in [0.3, 0.4) is 0 Å². The SMILES string of the molecule is O=C(NC[C@@H]1CCCO1)c1cnn2c1N[C@@H](c1ccc(Br)cc1)C[C@H]2C(F)(F)F. The van der Waals surface area contributed by atoms with Crippen molar-refractivity contribution in [1.82, 2.24) is 15.1 Å². The minimum Gasteiger partial charge on any atom is -0.376 e. The van der Waals surface area contributed by atoms with Crippen molar-refractivity contribution in [1.29, 1.82) is 0 Å². The smallest absolute Gasteiger partial charge is 0.376 e. The van der Waals surface area contributed by atoms with Crippen LogP contribution in [0.2, 0.25) is 0 Å². The number of alkyl halides is 3. The molecule has 1 aromatic carbocycles. The minimum absolute atomic E-state index is 0.0586. The van der Waals surface area contributed by atoms with Gasteiger partial charge in [0, 0.05) is 24.0 Å². The van der Waals surface area contributed by atoms with Crippen LogP contribution in [0.5, 0.6) is 0 Å². The van der Waals surface area contributed by atoms with E-state index >= 15 is 0 Å². The summed E-state index contributed by atoms with van der Waals surface area (Å²) in [5.41, 5.74) is 0.805. The summed E-state index contributed by atoms with van der Waals surface area (Å²) in [6, 6.07) is 4.67. The molecule has 6 nitrogen and oxygen atoms in total. The highest BCUT2D eigenvalue weighted by Gasteiger charge is 2.47. The van der Waals surface area contributed by atoms with E-state index in [1.807, 2.05) is 0 Å². The lowest BCUT2D eigenvalue weighted by Gasteiger charge is -2.34. The summed E-state index contributed by atoms with van der Waals surface area (Å²) in [6.45, 7) is 0.982. The van der Waals surface area contributed by atoms with Crippen LogP contribution in [0.25, 0.3) is 0 Å². The molecule has 2 aromatic rings. The predicted molar refractivity (Wildman–Crippen MR) is 104 cm³/mol. The zero-order valence-electron chi connectivity index (χ0n) is 15.4. The third-order valence-corrected chi connectivity index (χ3v) is 5.80. The highest BCUT2D eigenvalue weighted by molar-refractivity contribution is 9.10. The molecule has 2 N–H and O–H groups in total. The first-order chi connectivity index (χ1) is 13.8. The lowest BCUT2D eigenvalue weighted by molar-refractivity contribution is -0.173. The maximum absolute atomic E-state index is 13.7. The monoisotopic (exact) mass is 472 g/mol. The molecule has 3 atom stereocenters. The van der Waals surface area contributed by atoms with E-state index in [1.54, 1.807) is 24.3 Å². The molecule has 1 saturated heterocycles. The molecule has 1 fully saturated rings. The summed E-state index contributed by atoms with van der Waals surface area (Å²) in [4.78, 5) is 12.6. The number of hydrogen-bond donors (Lipinski definition) is 2. The van der Waals surface area contributed by atoms with Crippen LogP contribution < -0.4 is 10.6 Å². The Labute approximate surface area is 173 Å². The quantitative estimate of drug-likeness (QED) is 0.698. The molecule has 2 aliphatic rings. The number of carbonyl (C=O) groups excluding carboxylic acids is 1. The number of halogens is 4. The molecule has 4 rings (SSSR count). The van der Waals surface area contributed by atoms with Crippen molar-refractivity contribution < 1.29 is 22.7 Å². The Kier molecular flexibility index (Phi) is 5.56. The average molecular weight is 473 g/mol. The summed E-state index contributed by atoms with van der Waals surface area (Å²) < 4.78 is 48.4. The first-order valence-corrected chi connectivity index (χ1v) is 10.2. The van der Waals surface area contributed by atoms with Crippen molar-refractivity contribution >= 4 is 27.7 Å². The summed E-state index contributed by atoms with van der Waals surface area (Å²) in [5, 5.41) is 9.72. The van der Waals surface area contributed by atoms with Crippen molar-refractivity contribution in [3.05, 3.63) is 46.1 Å². The molecule has 0 aliphatic carbocycles. The lowest BCUT2D eigenvalue weighted by Crippen LogP contribution is -2.37. The van der Waals surface area contributed by atoms with Crippen LogP contribution in [0.1, 0.15) is 47.3 Å². The fourth-order valence-corrected chi connectivity index (χ4v) is 4.01. The number of nitrogens with zero attached hydrogens (tertiary/aromatic N) is 2. The summed E-state index contributed by atoms with van der Waals surface area (Å²) in [5.74, 6) is -0.386. The van der Waals surface area contributed by atoms with Crippen molar-refractivity contribution in [2.45, 2.75) is 43.6 Å². The van der Waals surface area contributed by atoms with Gasteiger partial charge in [-0.3, -0.25) is 4.79 Å². The molecule has 3 heterocycles. The lowest BCUT2D eigenvalue weighted by atomic mass is 9.96. The van der Waals surface area contributed by atoms with Gasteiger partial charge in [0.15, 0.2) is 6.04 Å². The highest BCUT2D eigenvalue weighted by Crippen LogP contribution is 2.44. The number of fused-ring (bicyclic) bond motifs is 1. The standard InChI is InChI=1S/C19H20BrF3N4O2/c20-12-5-3-11(4-6-12)15-8-16(19(21,22)23)27-17(26-15)14(10-25-27)18(28)24-9-13-2-1-7-29-13/h3-6,10,13,15-16,26H,1-2,7-9H2,(H,24,28)/t13-,15+,16-/m0/s1. The molecule has 2 aliphatic heterocycles. The van der Waals surface area contributed by atoms with Crippen LogP contribution in [0.15, 0.2) is 34.9 Å². The van der Waals surface area contributed by atoms with Gasteiger partial charge < -0.3 is 15.4 Å². The number of ether oxygens (including phenoxy) is 1. The Morgan fingerprint density at radius 2 is 2.10 bits per heavy atom. The van der Waals surface area contributed by atoms with Gasteiger partial charge in [-0.2, -0.15) is 18.3 Å². The number of aromatic nitrogens is 2. The molecule has 0 saturated carbocycles. The van der Waals surface area contributed by atoms with Gasteiger partial charge in [0.25, 0.3) is 5.91 Å². The molecule has 10 heteroatoms. The predicted octanol–water partition coefficient (Wildman–Crippen LogP) is 4.21. The Bertz CT molecular complexity index is 879. The Morgan fingerprint density at radius 3 is 2.76 bits per heavy atom. The molecule has 1 aromatic heterocycles. The number of nitrogens with one attached hydrogen (secondary N) is 2. The van der Waals surface area contributed by atoms with Crippen molar-refractivity contribution in [3.8, 4) is 0 Å². The van der Waals surface area contributed by atoms with E-state index in [-0.39, 0.29) is 23.9 Å². The molecule has 0 unspecified atom stereocenters. The van der Waals surface area contributed by atoms with Gasteiger partial charge in [-0.25, -0.2) is 4.68 Å². The fourth-order valence-electron chi connectivity index (χ4n) is 3.75. The Hall–Kier alpha value is -2.07. The Balaban J connectivity index is 1.60. The number of rotatable bonds is 4.